The van der Waals surface area contributed by atoms with Crippen LogP contribution >= 0.6 is 0 Å². The van der Waals surface area contributed by atoms with Gasteiger partial charge in [-0.3, -0.25) is 9.59 Å². The van der Waals surface area contributed by atoms with Crippen molar-refractivity contribution in [1.29, 1.82) is 0 Å². The number of rotatable bonds is 3. The lowest BCUT2D eigenvalue weighted by atomic mass is 10.1. The van der Waals surface area contributed by atoms with Crippen LogP contribution in [0.15, 0.2) is 18.2 Å². The molecule has 6 nitrogen and oxygen atoms in total. The zero-order chi connectivity index (χ0) is 18.0. The van der Waals surface area contributed by atoms with E-state index in [0.717, 1.165) is 18.6 Å². The molecule has 0 saturated carbocycles. The maximum Gasteiger partial charge on any atom is 0.256 e. The van der Waals surface area contributed by atoms with E-state index < -0.39 is 23.6 Å². The lowest BCUT2D eigenvalue weighted by Crippen LogP contribution is -2.53. The van der Waals surface area contributed by atoms with Crippen molar-refractivity contribution < 1.29 is 23.1 Å². The van der Waals surface area contributed by atoms with Crippen LogP contribution in [0.3, 0.4) is 0 Å². The Labute approximate surface area is 144 Å². The first-order valence-corrected chi connectivity index (χ1v) is 8.38. The van der Waals surface area contributed by atoms with Crippen LogP contribution in [-0.4, -0.2) is 66.5 Å². The fourth-order valence-corrected chi connectivity index (χ4v) is 3.23. The highest BCUT2D eigenvalue weighted by atomic mass is 19.1. The van der Waals surface area contributed by atoms with E-state index in [4.69, 9.17) is 10.5 Å². The molecule has 2 aliphatic rings. The second kappa shape index (κ2) is 7.45. The SMILES string of the molecule is NC[C@H]1CC[C@@H](C(=O)N2CCN(C(=O)c3ccc(F)cc3F)CC2)O1. The summed E-state index contributed by atoms with van der Waals surface area (Å²) in [5, 5.41) is 0. The number of carbonyl (C=O) groups is 2. The number of halogens is 2. The van der Waals surface area contributed by atoms with Gasteiger partial charge in [0, 0.05) is 38.8 Å². The summed E-state index contributed by atoms with van der Waals surface area (Å²) < 4.78 is 32.3. The van der Waals surface area contributed by atoms with Crippen LogP contribution in [0.25, 0.3) is 0 Å². The summed E-state index contributed by atoms with van der Waals surface area (Å²) in [6, 6.07) is 2.89. The highest BCUT2D eigenvalue weighted by Gasteiger charge is 2.35. The molecule has 2 amide bonds. The largest absolute Gasteiger partial charge is 0.364 e. The molecule has 0 radical (unpaired) electrons. The van der Waals surface area contributed by atoms with Crippen molar-refractivity contribution in [2.75, 3.05) is 32.7 Å². The third-order valence-corrected chi connectivity index (χ3v) is 4.69. The Morgan fingerprint density at radius 3 is 2.40 bits per heavy atom. The number of hydrogen-bond donors (Lipinski definition) is 1. The third kappa shape index (κ3) is 3.80. The first-order chi connectivity index (χ1) is 12.0. The second-order valence-electron chi connectivity index (χ2n) is 6.30. The van der Waals surface area contributed by atoms with Crippen molar-refractivity contribution in [3.8, 4) is 0 Å². The van der Waals surface area contributed by atoms with Gasteiger partial charge in [0.15, 0.2) is 0 Å². The van der Waals surface area contributed by atoms with Crippen LogP contribution in [-0.2, 0) is 9.53 Å². The van der Waals surface area contributed by atoms with E-state index in [1.807, 2.05) is 0 Å². The Morgan fingerprint density at radius 2 is 1.80 bits per heavy atom. The molecule has 0 unspecified atom stereocenters. The molecule has 3 rings (SSSR count). The van der Waals surface area contributed by atoms with Gasteiger partial charge in [-0.15, -0.1) is 0 Å². The lowest BCUT2D eigenvalue weighted by Gasteiger charge is -2.35. The maximum atomic E-state index is 13.8. The number of hydrogen-bond acceptors (Lipinski definition) is 4. The van der Waals surface area contributed by atoms with Gasteiger partial charge in [-0.1, -0.05) is 0 Å². The van der Waals surface area contributed by atoms with Crippen molar-refractivity contribution in [1.82, 2.24) is 9.80 Å². The number of nitrogens with zero attached hydrogens (tertiary/aromatic N) is 2. The van der Waals surface area contributed by atoms with Gasteiger partial charge in [-0.25, -0.2) is 8.78 Å². The Kier molecular flexibility index (Phi) is 5.29. The third-order valence-electron chi connectivity index (χ3n) is 4.69. The van der Waals surface area contributed by atoms with Gasteiger partial charge in [0.05, 0.1) is 11.7 Å². The minimum atomic E-state index is -0.879. The van der Waals surface area contributed by atoms with Gasteiger partial charge < -0.3 is 20.3 Å². The van der Waals surface area contributed by atoms with Crippen LogP contribution in [0.2, 0.25) is 0 Å². The molecular formula is C17H21F2N3O3. The Morgan fingerprint density at radius 1 is 1.12 bits per heavy atom. The Hall–Kier alpha value is -2.06. The topological polar surface area (TPSA) is 75.9 Å². The molecule has 0 aliphatic carbocycles. The second-order valence-corrected chi connectivity index (χ2v) is 6.30. The fourth-order valence-electron chi connectivity index (χ4n) is 3.23. The van der Waals surface area contributed by atoms with Crippen molar-refractivity contribution in [3.05, 3.63) is 35.4 Å². The molecule has 2 N–H and O–H groups in total. The molecule has 1 aromatic carbocycles. The van der Waals surface area contributed by atoms with Crippen LogP contribution in [0.5, 0.6) is 0 Å². The van der Waals surface area contributed by atoms with E-state index in [9.17, 15) is 18.4 Å². The summed E-state index contributed by atoms with van der Waals surface area (Å²) in [5.41, 5.74) is 5.39. The highest BCUT2D eigenvalue weighted by molar-refractivity contribution is 5.94. The Bertz CT molecular complexity index is 663. The van der Waals surface area contributed by atoms with Crippen molar-refractivity contribution >= 4 is 11.8 Å². The number of ether oxygens (including phenoxy) is 1. The smallest absolute Gasteiger partial charge is 0.256 e. The predicted molar refractivity (Wildman–Crippen MR) is 85.8 cm³/mol. The minimum Gasteiger partial charge on any atom is -0.364 e. The monoisotopic (exact) mass is 353 g/mol. The molecule has 25 heavy (non-hydrogen) atoms. The van der Waals surface area contributed by atoms with Crippen molar-refractivity contribution in [3.63, 3.8) is 0 Å². The fraction of sp³-hybridized carbons (Fsp3) is 0.529. The predicted octanol–water partition coefficient (Wildman–Crippen LogP) is 0.756. The molecule has 2 saturated heterocycles. The van der Waals surface area contributed by atoms with Gasteiger partial charge in [0.2, 0.25) is 0 Å². The number of carbonyl (C=O) groups excluding carboxylic acids is 2. The normalized spacial score (nSPS) is 23.8. The van der Waals surface area contributed by atoms with Crippen molar-refractivity contribution in [2.45, 2.75) is 25.0 Å². The van der Waals surface area contributed by atoms with Gasteiger partial charge in [-0.05, 0) is 25.0 Å². The van der Waals surface area contributed by atoms with Crippen LogP contribution in [0, 0.1) is 11.6 Å². The summed E-state index contributed by atoms with van der Waals surface area (Å²) >= 11 is 0. The minimum absolute atomic E-state index is 0.0710. The maximum absolute atomic E-state index is 13.8. The summed E-state index contributed by atoms with van der Waals surface area (Å²) in [6.45, 7) is 1.72. The first-order valence-electron chi connectivity index (χ1n) is 8.38. The molecule has 2 aliphatic heterocycles. The number of piperazine rings is 1. The molecule has 0 aromatic heterocycles. The summed E-state index contributed by atoms with van der Waals surface area (Å²) in [5.74, 6) is -2.19. The molecule has 136 valence electrons. The molecule has 0 spiro atoms. The molecular weight excluding hydrogens is 332 g/mol. The zero-order valence-corrected chi connectivity index (χ0v) is 13.8. The summed E-state index contributed by atoms with van der Waals surface area (Å²) in [4.78, 5) is 28.0. The summed E-state index contributed by atoms with van der Waals surface area (Å²) in [6.07, 6.45) is 0.888. The molecule has 8 heteroatoms. The van der Waals surface area contributed by atoms with Crippen LogP contribution < -0.4 is 5.73 Å². The molecule has 2 heterocycles. The van der Waals surface area contributed by atoms with Gasteiger partial charge in [0.25, 0.3) is 11.8 Å². The highest BCUT2D eigenvalue weighted by Crippen LogP contribution is 2.22. The first kappa shape index (κ1) is 17.8. The van der Waals surface area contributed by atoms with E-state index >= 15 is 0 Å². The standard InChI is InChI=1S/C17H21F2N3O3/c18-11-1-3-13(14(19)9-11)16(23)21-5-7-22(8-6-21)17(24)15-4-2-12(10-20)25-15/h1,3,9,12,15H,2,4-8,10,20H2/t12-,15+/m1/s1. The van der Waals surface area contributed by atoms with Gasteiger partial charge in [0.1, 0.15) is 17.7 Å². The van der Waals surface area contributed by atoms with Gasteiger partial charge >= 0.3 is 0 Å². The average Bonchev–Trinajstić information content (AvgIpc) is 3.10. The van der Waals surface area contributed by atoms with E-state index in [2.05, 4.69) is 0 Å². The molecule has 2 fully saturated rings. The lowest BCUT2D eigenvalue weighted by molar-refractivity contribution is -0.144. The Balaban J connectivity index is 1.56. The number of benzene rings is 1. The molecule has 1 aromatic rings. The number of nitrogens with two attached hydrogens (primary N) is 1. The van der Waals surface area contributed by atoms with E-state index in [1.165, 1.54) is 4.90 Å². The van der Waals surface area contributed by atoms with Crippen molar-refractivity contribution in [2.24, 2.45) is 5.73 Å². The summed E-state index contributed by atoms with van der Waals surface area (Å²) in [7, 11) is 0. The van der Waals surface area contributed by atoms with E-state index in [1.54, 1.807) is 4.90 Å². The van der Waals surface area contributed by atoms with E-state index in [-0.39, 0.29) is 17.6 Å². The quantitative estimate of drug-likeness (QED) is 0.870. The van der Waals surface area contributed by atoms with E-state index in [0.29, 0.717) is 45.2 Å². The van der Waals surface area contributed by atoms with Crippen LogP contribution in [0.4, 0.5) is 8.78 Å². The van der Waals surface area contributed by atoms with Crippen LogP contribution in [0.1, 0.15) is 23.2 Å². The molecule has 2 atom stereocenters. The van der Waals surface area contributed by atoms with Gasteiger partial charge in [-0.2, -0.15) is 0 Å². The number of amides is 2. The molecule has 0 bridgehead atoms. The average molecular weight is 353 g/mol. The zero-order valence-electron chi connectivity index (χ0n) is 13.8.